The molecule has 0 amide bonds. The average molecular weight is 285 g/mol. The molecule has 1 aromatic rings. The largest absolute Gasteiger partial charge is 0.494 e. The van der Waals surface area contributed by atoms with Gasteiger partial charge in [0.05, 0.1) is 6.61 Å². The Morgan fingerprint density at radius 1 is 1.33 bits per heavy atom. The van der Waals surface area contributed by atoms with Crippen LogP contribution in [0.1, 0.15) is 23.4 Å². The molecule has 0 saturated heterocycles. The number of hydrogen-bond acceptors (Lipinski definition) is 1. The minimum Gasteiger partial charge on any atom is -0.494 e. The number of hydrogen-bond donors (Lipinski definition) is 0. The van der Waals surface area contributed by atoms with Crippen LogP contribution in [0.2, 0.25) is 0 Å². The Kier molecular flexibility index (Phi) is 4.85. The summed E-state index contributed by atoms with van der Waals surface area (Å²) in [5.41, 5.74) is 0.521. The van der Waals surface area contributed by atoms with Gasteiger partial charge in [-0.2, -0.15) is 8.78 Å². The molecule has 6 heteroatoms. The molecule has 0 radical (unpaired) electrons. The summed E-state index contributed by atoms with van der Waals surface area (Å²) >= 11 is 5.50. The van der Waals surface area contributed by atoms with Gasteiger partial charge < -0.3 is 4.74 Å². The number of benzene rings is 1. The number of ether oxygens (including phenoxy) is 1. The fourth-order valence-electron chi connectivity index (χ4n) is 1.47. The van der Waals surface area contributed by atoms with Gasteiger partial charge in [-0.25, -0.2) is 8.78 Å². The van der Waals surface area contributed by atoms with Crippen LogP contribution < -0.4 is 4.74 Å². The molecule has 0 bridgehead atoms. The summed E-state index contributed by atoms with van der Waals surface area (Å²) in [5, 5.41) is -2.13. The van der Waals surface area contributed by atoms with Crippen molar-refractivity contribution in [3.05, 3.63) is 29.3 Å². The Hall–Kier alpha value is -0.970. The van der Waals surface area contributed by atoms with Gasteiger partial charge in [-0.15, -0.1) is 11.6 Å². The first kappa shape index (κ1) is 15.1. The van der Waals surface area contributed by atoms with Gasteiger partial charge >= 0.3 is 12.3 Å². The van der Waals surface area contributed by atoms with Gasteiger partial charge in [0.25, 0.3) is 0 Å². The maximum Gasteiger partial charge on any atom is 0.327 e. The minimum atomic E-state index is -4.30. The Bertz CT molecular complexity index is 409. The van der Waals surface area contributed by atoms with E-state index in [1.807, 2.05) is 0 Å². The van der Waals surface area contributed by atoms with Gasteiger partial charge in [-0.05, 0) is 19.9 Å². The van der Waals surface area contributed by atoms with E-state index in [-0.39, 0.29) is 17.9 Å². The number of alkyl halides is 5. The Balaban J connectivity index is 3.18. The zero-order valence-corrected chi connectivity index (χ0v) is 10.6. The Morgan fingerprint density at radius 2 is 1.94 bits per heavy atom. The first-order valence-corrected chi connectivity index (χ1v) is 5.77. The van der Waals surface area contributed by atoms with Crippen LogP contribution in [0.15, 0.2) is 18.2 Å². The van der Waals surface area contributed by atoms with Crippen molar-refractivity contribution in [2.75, 3.05) is 6.61 Å². The molecule has 1 rings (SSSR count). The van der Waals surface area contributed by atoms with Crippen molar-refractivity contribution in [3.8, 4) is 5.75 Å². The van der Waals surface area contributed by atoms with E-state index >= 15 is 0 Å². The van der Waals surface area contributed by atoms with Crippen LogP contribution in [0.4, 0.5) is 17.6 Å². The SMILES string of the molecule is CCOc1ccc(C)cc1C(Cl)C(F)(F)C(F)F. The summed E-state index contributed by atoms with van der Waals surface area (Å²) in [5.74, 6) is -4.20. The number of halogens is 5. The van der Waals surface area contributed by atoms with E-state index in [1.54, 1.807) is 19.9 Å². The normalized spacial score (nSPS) is 13.8. The summed E-state index contributed by atoms with van der Waals surface area (Å²) in [6, 6.07) is 4.42. The minimum absolute atomic E-state index is 0.100. The van der Waals surface area contributed by atoms with Crippen molar-refractivity contribution in [2.24, 2.45) is 0 Å². The van der Waals surface area contributed by atoms with E-state index in [9.17, 15) is 17.6 Å². The molecule has 0 N–H and O–H groups in total. The molecule has 0 spiro atoms. The van der Waals surface area contributed by atoms with Crippen LogP contribution in [0.3, 0.4) is 0 Å². The van der Waals surface area contributed by atoms with Crippen LogP contribution in [0, 0.1) is 6.92 Å². The molecule has 0 aromatic heterocycles. The van der Waals surface area contributed by atoms with Gasteiger partial charge in [0.1, 0.15) is 11.1 Å². The van der Waals surface area contributed by atoms with E-state index in [0.29, 0.717) is 5.56 Å². The van der Waals surface area contributed by atoms with Crippen molar-refractivity contribution in [1.82, 2.24) is 0 Å². The third-order valence-corrected chi connectivity index (χ3v) is 2.89. The maximum atomic E-state index is 13.2. The van der Waals surface area contributed by atoms with E-state index in [4.69, 9.17) is 16.3 Å². The molecule has 102 valence electrons. The lowest BCUT2D eigenvalue weighted by atomic mass is 10.0. The summed E-state index contributed by atoms with van der Waals surface area (Å²) < 4.78 is 56.2. The molecule has 0 aliphatic carbocycles. The highest BCUT2D eigenvalue weighted by atomic mass is 35.5. The monoisotopic (exact) mass is 284 g/mol. The lowest BCUT2D eigenvalue weighted by molar-refractivity contribution is -0.130. The van der Waals surface area contributed by atoms with Crippen molar-refractivity contribution < 1.29 is 22.3 Å². The van der Waals surface area contributed by atoms with Crippen LogP contribution >= 0.6 is 11.6 Å². The maximum absolute atomic E-state index is 13.2. The van der Waals surface area contributed by atoms with Crippen LogP contribution in [-0.4, -0.2) is 19.0 Å². The molecule has 18 heavy (non-hydrogen) atoms. The topological polar surface area (TPSA) is 9.23 Å². The standard InChI is InChI=1S/C12H13ClF4O/c1-3-18-9-5-4-7(2)6-8(9)10(13)12(16,17)11(14)15/h4-6,10-11H,3H2,1-2H3. The van der Waals surface area contributed by atoms with E-state index < -0.39 is 17.7 Å². The highest BCUT2D eigenvalue weighted by Gasteiger charge is 2.49. The average Bonchev–Trinajstić information content (AvgIpc) is 2.30. The van der Waals surface area contributed by atoms with Gasteiger partial charge in [0.15, 0.2) is 0 Å². The van der Waals surface area contributed by atoms with Crippen molar-refractivity contribution >= 4 is 11.6 Å². The van der Waals surface area contributed by atoms with E-state index in [1.165, 1.54) is 12.1 Å². The first-order valence-electron chi connectivity index (χ1n) is 5.34. The second-order valence-electron chi connectivity index (χ2n) is 3.81. The molecular formula is C12H13ClF4O. The van der Waals surface area contributed by atoms with Crippen molar-refractivity contribution in [2.45, 2.75) is 31.6 Å². The third-order valence-electron chi connectivity index (χ3n) is 2.37. The van der Waals surface area contributed by atoms with Crippen LogP contribution in [0.5, 0.6) is 5.75 Å². The second kappa shape index (κ2) is 5.78. The van der Waals surface area contributed by atoms with Crippen LogP contribution in [0.25, 0.3) is 0 Å². The molecule has 1 unspecified atom stereocenters. The highest BCUT2D eigenvalue weighted by Crippen LogP contribution is 2.44. The lowest BCUT2D eigenvalue weighted by Crippen LogP contribution is -2.31. The zero-order valence-electron chi connectivity index (χ0n) is 9.89. The highest BCUT2D eigenvalue weighted by molar-refractivity contribution is 6.21. The fourth-order valence-corrected chi connectivity index (χ4v) is 1.74. The van der Waals surface area contributed by atoms with Crippen LogP contribution in [-0.2, 0) is 0 Å². The summed E-state index contributed by atoms with van der Waals surface area (Å²) in [6.45, 7) is 3.56. The molecule has 0 fully saturated rings. The molecule has 0 aliphatic heterocycles. The molecular weight excluding hydrogens is 272 g/mol. The smallest absolute Gasteiger partial charge is 0.327 e. The van der Waals surface area contributed by atoms with E-state index in [0.717, 1.165) is 0 Å². The molecule has 0 aliphatic rings. The Labute approximate surface area is 108 Å². The van der Waals surface area contributed by atoms with Gasteiger partial charge in [-0.3, -0.25) is 0 Å². The summed E-state index contributed by atoms with van der Waals surface area (Å²) in [6.07, 6.45) is -3.82. The molecule has 0 saturated carbocycles. The second-order valence-corrected chi connectivity index (χ2v) is 4.25. The molecule has 1 aromatic carbocycles. The van der Waals surface area contributed by atoms with Crippen molar-refractivity contribution in [3.63, 3.8) is 0 Å². The van der Waals surface area contributed by atoms with Gasteiger partial charge in [0, 0.05) is 5.56 Å². The van der Waals surface area contributed by atoms with Gasteiger partial charge in [0.2, 0.25) is 0 Å². The van der Waals surface area contributed by atoms with Gasteiger partial charge in [-0.1, -0.05) is 17.7 Å². The predicted molar refractivity (Wildman–Crippen MR) is 61.9 cm³/mol. The zero-order chi connectivity index (χ0) is 13.9. The molecule has 1 atom stereocenters. The number of rotatable bonds is 5. The first-order chi connectivity index (χ1) is 8.30. The van der Waals surface area contributed by atoms with Crippen molar-refractivity contribution in [1.29, 1.82) is 0 Å². The molecule has 1 nitrogen and oxygen atoms in total. The lowest BCUT2D eigenvalue weighted by Gasteiger charge is -2.23. The summed E-state index contributed by atoms with van der Waals surface area (Å²) in [4.78, 5) is 0. The molecule has 0 heterocycles. The Morgan fingerprint density at radius 3 is 2.44 bits per heavy atom. The third kappa shape index (κ3) is 3.07. The predicted octanol–water partition coefficient (Wildman–Crippen LogP) is 4.57. The fraction of sp³-hybridized carbons (Fsp3) is 0.500. The quantitative estimate of drug-likeness (QED) is 0.568. The van der Waals surface area contributed by atoms with E-state index in [2.05, 4.69) is 0 Å². The number of aryl methyl sites for hydroxylation is 1. The summed E-state index contributed by atoms with van der Waals surface area (Å²) in [7, 11) is 0.